The average molecular weight is 415 g/mol. The number of nitrogens with zero attached hydrogens (tertiary/aromatic N) is 2. The van der Waals surface area contributed by atoms with E-state index in [-0.39, 0.29) is 11.2 Å². The fraction of sp³-hybridized carbons (Fsp3) is 0.455. The normalized spacial score (nSPS) is 16.5. The van der Waals surface area contributed by atoms with E-state index in [2.05, 4.69) is 21.0 Å². The van der Waals surface area contributed by atoms with Crippen molar-refractivity contribution in [3.8, 4) is 5.69 Å². The molecule has 154 valence electrons. The summed E-state index contributed by atoms with van der Waals surface area (Å²) in [6.45, 7) is 6.90. The van der Waals surface area contributed by atoms with E-state index in [1.807, 2.05) is 34.9 Å². The van der Waals surface area contributed by atoms with Crippen LogP contribution in [0.3, 0.4) is 0 Å². The van der Waals surface area contributed by atoms with Gasteiger partial charge in [0.2, 0.25) is 0 Å². The van der Waals surface area contributed by atoms with Crippen molar-refractivity contribution in [2.24, 2.45) is 0 Å². The Balaban J connectivity index is 1.95. The Morgan fingerprint density at radius 2 is 1.93 bits per heavy atom. The minimum Gasteiger partial charge on any atom is -0.340 e. The molecule has 1 aromatic carbocycles. The van der Waals surface area contributed by atoms with Crippen molar-refractivity contribution in [3.63, 3.8) is 0 Å². The Morgan fingerprint density at radius 3 is 2.62 bits per heavy atom. The van der Waals surface area contributed by atoms with Crippen molar-refractivity contribution < 1.29 is 9.80 Å². The number of likely N-dealkylation sites (N-methyl/N-ethyl adjacent to an activating group) is 1. The highest BCUT2D eigenvalue weighted by Gasteiger charge is 2.27. The number of rotatable bonds is 6. The third kappa shape index (κ3) is 3.70. The van der Waals surface area contributed by atoms with E-state index in [9.17, 15) is 9.59 Å². The topological polar surface area (TPSA) is 52.9 Å². The van der Waals surface area contributed by atoms with Crippen molar-refractivity contribution in [2.45, 2.75) is 32.9 Å². The van der Waals surface area contributed by atoms with Gasteiger partial charge in [0.1, 0.15) is 11.4 Å². The van der Waals surface area contributed by atoms with Gasteiger partial charge in [0.15, 0.2) is 0 Å². The van der Waals surface area contributed by atoms with E-state index in [4.69, 9.17) is 0 Å². The van der Waals surface area contributed by atoms with Gasteiger partial charge in [0.05, 0.1) is 49.7 Å². The predicted molar refractivity (Wildman–Crippen MR) is 118 cm³/mol. The third-order valence-electron chi connectivity index (χ3n) is 5.87. The molecule has 4 rings (SSSR count). The third-order valence-corrected chi connectivity index (χ3v) is 7.12. The number of para-hydroxylation sites is 1. The SMILES string of the molecule is CC[NH+]1CCc2c(sc3c2c(=O)n(-c2ccccc2)c(=O)n3CCC[NH+](C)C)C1. The lowest BCUT2D eigenvalue weighted by molar-refractivity contribution is -0.913. The largest absolute Gasteiger partial charge is 0.340 e. The summed E-state index contributed by atoms with van der Waals surface area (Å²) in [5.41, 5.74) is 1.43. The van der Waals surface area contributed by atoms with E-state index in [0.29, 0.717) is 12.2 Å². The molecule has 1 unspecified atom stereocenters. The molecule has 7 heteroatoms. The van der Waals surface area contributed by atoms with Crippen molar-refractivity contribution in [2.75, 3.05) is 33.7 Å². The molecule has 0 saturated heterocycles. The average Bonchev–Trinajstić information content (AvgIpc) is 3.09. The Bertz CT molecular complexity index is 1130. The maximum absolute atomic E-state index is 13.5. The van der Waals surface area contributed by atoms with Crippen molar-refractivity contribution >= 4 is 21.6 Å². The summed E-state index contributed by atoms with van der Waals surface area (Å²) in [7, 11) is 4.24. The highest BCUT2D eigenvalue weighted by molar-refractivity contribution is 7.18. The highest BCUT2D eigenvalue weighted by atomic mass is 32.1. The molecule has 29 heavy (non-hydrogen) atoms. The first-order chi connectivity index (χ1) is 14.0. The van der Waals surface area contributed by atoms with E-state index in [0.717, 1.165) is 49.2 Å². The monoisotopic (exact) mass is 414 g/mol. The molecule has 0 fully saturated rings. The molecule has 2 N–H and O–H groups in total. The number of nitrogens with one attached hydrogen (secondary N) is 2. The predicted octanol–water partition coefficient (Wildman–Crippen LogP) is -0.291. The summed E-state index contributed by atoms with van der Waals surface area (Å²) in [5, 5.41) is 0.765. The molecule has 0 bridgehead atoms. The maximum atomic E-state index is 13.5. The van der Waals surface area contributed by atoms with Crippen LogP contribution in [0.2, 0.25) is 0 Å². The van der Waals surface area contributed by atoms with Crippen molar-refractivity contribution in [1.29, 1.82) is 0 Å². The highest BCUT2D eigenvalue weighted by Crippen LogP contribution is 2.30. The Kier molecular flexibility index (Phi) is 5.72. The summed E-state index contributed by atoms with van der Waals surface area (Å²) in [5.74, 6) is 0. The van der Waals surface area contributed by atoms with Crippen LogP contribution in [0.5, 0.6) is 0 Å². The smallest absolute Gasteiger partial charge is 0.336 e. The molecule has 0 saturated carbocycles. The molecule has 3 heterocycles. The molecule has 1 atom stereocenters. The standard InChI is InChI=1S/C22H28N4O2S/c1-4-24-14-11-17-18(15-24)29-21-19(17)20(27)26(16-9-6-5-7-10-16)22(28)25(21)13-8-12-23(2)3/h5-7,9-10H,4,8,11-15H2,1-3H3/p+2. The number of benzene rings is 1. The number of aromatic nitrogens is 2. The van der Waals surface area contributed by atoms with Crippen LogP contribution >= 0.6 is 11.3 Å². The fourth-order valence-electron chi connectivity index (χ4n) is 4.23. The Hall–Kier alpha value is -2.22. The van der Waals surface area contributed by atoms with E-state index >= 15 is 0 Å². The number of fused-ring (bicyclic) bond motifs is 3. The molecule has 3 aromatic rings. The number of quaternary nitrogens is 2. The van der Waals surface area contributed by atoms with Gasteiger partial charge in [-0.1, -0.05) is 18.2 Å². The molecule has 1 aliphatic rings. The first-order valence-electron chi connectivity index (χ1n) is 10.5. The van der Waals surface area contributed by atoms with Crippen LogP contribution in [-0.2, 0) is 19.5 Å². The molecular formula is C22H30N4O2S+2. The summed E-state index contributed by atoms with van der Waals surface area (Å²) >= 11 is 1.66. The van der Waals surface area contributed by atoms with E-state index in [1.165, 1.54) is 24.8 Å². The van der Waals surface area contributed by atoms with Crippen molar-refractivity contribution in [1.82, 2.24) is 9.13 Å². The first-order valence-corrected chi connectivity index (χ1v) is 11.3. The second-order valence-electron chi connectivity index (χ2n) is 8.19. The van der Waals surface area contributed by atoms with Gasteiger partial charge >= 0.3 is 5.69 Å². The quantitative estimate of drug-likeness (QED) is 0.583. The molecule has 0 amide bonds. The molecule has 0 aliphatic carbocycles. The molecule has 1 aliphatic heterocycles. The number of hydrogen-bond donors (Lipinski definition) is 2. The van der Waals surface area contributed by atoms with Crippen molar-refractivity contribution in [3.05, 3.63) is 61.6 Å². The maximum Gasteiger partial charge on any atom is 0.336 e. The molecule has 0 radical (unpaired) electrons. The Labute approximate surface area is 174 Å². The van der Waals surface area contributed by atoms with Crippen LogP contribution in [0.25, 0.3) is 15.9 Å². The second kappa shape index (κ2) is 8.26. The van der Waals surface area contributed by atoms with Gasteiger partial charge in [-0.2, -0.15) is 0 Å². The number of thiophene rings is 1. The fourth-order valence-corrected chi connectivity index (χ4v) is 5.66. The van der Waals surface area contributed by atoms with Crippen LogP contribution < -0.4 is 21.0 Å². The van der Waals surface area contributed by atoms with Crippen LogP contribution in [0, 0.1) is 0 Å². The zero-order valence-corrected chi connectivity index (χ0v) is 18.3. The number of hydrogen-bond acceptors (Lipinski definition) is 3. The lowest BCUT2D eigenvalue weighted by Crippen LogP contribution is -3.11. The first kappa shape index (κ1) is 20.1. The summed E-state index contributed by atoms with van der Waals surface area (Å²) in [4.78, 5) is 32.0. The van der Waals surface area contributed by atoms with E-state index in [1.54, 1.807) is 11.3 Å². The minimum absolute atomic E-state index is 0.164. The van der Waals surface area contributed by atoms with Gasteiger partial charge in [0.25, 0.3) is 5.56 Å². The van der Waals surface area contributed by atoms with Gasteiger partial charge in [-0.15, -0.1) is 11.3 Å². The Morgan fingerprint density at radius 1 is 1.17 bits per heavy atom. The summed E-state index contributed by atoms with van der Waals surface area (Å²) in [6, 6.07) is 9.32. The van der Waals surface area contributed by atoms with Crippen LogP contribution in [0.15, 0.2) is 39.9 Å². The van der Waals surface area contributed by atoms with Gasteiger partial charge in [-0.3, -0.25) is 9.36 Å². The molecular weight excluding hydrogens is 384 g/mol. The van der Waals surface area contributed by atoms with Gasteiger partial charge in [0, 0.05) is 19.4 Å². The summed E-state index contributed by atoms with van der Waals surface area (Å²) < 4.78 is 3.22. The lowest BCUT2D eigenvalue weighted by Gasteiger charge is -2.22. The van der Waals surface area contributed by atoms with Gasteiger partial charge in [-0.25, -0.2) is 9.36 Å². The van der Waals surface area contributed by atoms with Crippen LogP contribution in [0.1, 0.15) is 23.8 Å². The van der Waals surface area contributed by atoms with Gasteiger partial charge < -0.3 is 9.80 Å². The molecule has 2 aromatic heterocycles. The molecule has 6 nitrogen and oxygen atoms in total. The second-order valence-corrected chi connectivity index (χ2v) is 9.27. The van der Waals surface area contributed by atoms with Gasteiger partial charge in [-0.05, 0) is 24.6 Å². The zero-order valence-electron chi connectivity index (χ0n) is 17.5. The van der Waals surface area contributed by atoms with E-state index < -0.39 is 0 Å². The van der Waals surface area contributed by atoms with Crippen LogP contribution in [-0.4, -0.2) is 42.9 Å². The number of aryl methyl sites for hydroxylation is 1. The summed E-state index contributed by atoms with van der Waals surface area (Å²) in [6.07, 6.45) is 1.81. The lowest BCUT2D eigenvalue weighted by atomic mass is 10.1. The minimum atomic E-state index is -0.222. The molecule has 0 spiro atoms. The van der Waals surface area contributed by atoms with Crippen LogP contribution in [0.4, 0.5) is 0 Å². The zero-order chi connectivity index (χ0) is 20.5.